The van der Waals surface area contributed by atoms with Crippen LogP contribution in [0.1, 0.15) is 5.56 Å². The van der Waals surface area contributed by atoms with Crippen molar-refractivity contribution in [1.82, 2.24) is 0 Å². The fraction of sp³-hybridized carbons (Fsp3) is 0.211. The average molecular weight is 404 g/mol. The van der Waals surface area contributed by atoms with Crippen molar-refractivity contribution in [1.29, 1.82) is 5.26 Å². The highest BCUT2D eigenvalue weighted by Gasteiger charge is 2.21. The summed E-state index contributed by atoms with van der Waals surface area (Å²) in [6, 6.07) is 11.1. The number of ether oxygens (including phenoxy) is 4. The lowest BCUT2D eigenvalue weighted by molar-refractivity contribution is 0.374. The van der Waals surface area contributed by atoms with E-state index in [1.165, 1.54) is 46.6 Å². The highest BCUT2D eigenvalue weighted by atomic mass is 32.2. The molecule has 0 atom stereocenters. The van der Waals surface area contributed by atoms with E-state index < -0.39 is 14.9 Å². The topological polar surface area (TPSA) is 107 Å². The van der Waals surface area contributed by atoms with Crippen LogP contribution in [0.25, 0.3) is 6.08 Å². The Morgan fingerprint density at radius 1 is 0.929 bits per heavy atom. The molecule has 0 aromatic heterocycles. The lowest BCUT2D eigenvalue weighted by Crippen LogP contribution is -2.14. The third kappa shape index (κ3) is 4.66. The Balaban J connectivity index is 2.48. The largest absolute Gasteiger partial charge is 0.497 e. The van der Waals surface area contributed by atoms with Gasteiger partial charge in [0.15, 0.2) is 4.91 Å². The normalized spacial score (nSPS) is 11.3. The molecule has 0 heterocycles. The summed E-state index contributed by atoms with van der Waals surface area (Å²) in [6.45, 7) is 0. The molecule has 2 aromatic carbocycles. The van der Waals surface area contributed by atoms with Gasteiger partial charge in [0, 0.05) is 17.8 Å². The molecule has 2 aromatic rings. The molecule has 0 aliphatic carbocycles. The standard InChI is InChI=1S/C19H20N2O6S/c1-24-14-7-5-13(6-8-14)21-28(22,23)16(12-20)11-17-18(26-3)9-15(25-2)10-19(17)27-4/h5-11,21H,1-4H3/b16-11+. The molecule has 9 heteroatoms. The van der Waals surface area contributed by atoms with Crippen LogP contribution in [0.15, 0.2) is 41.3 Å². The zero-order valence-corrected chi connectivity index (χ0v) is 16.7. The molecule has 0 spiro atoms. The summed E-state index contributed by atoms with van der Waals surface area (Å²) in [5.41, 5.74) is 0.582. The Morgan fingerprint density at radius 2 is 1.46 bits per heavy atom. The number of nitrogens with one attached hydrogen (secondary N) is 1. The lowest BCUT2D eigenvalue weighted by Gasteiger charge is -2.13. The molecule has 148 valence electrons. The van der Waals surface area contributed by atoms with E-state index in [-0.39, 0.29) is 5.69 Å². The SMILES string of the molecule is COc1ccc(NS(=O)(=O)/C(C#N)=C/c2c(OC)cc(OC)cc2OC)cc1. The van der Waals surface area contributed by atoms with Crippen molar-refractivity contribution in [3.05, 3.63) is 46.9 Å². The Labute approximate surface area is 164 Å². The molecule has 0 fully saturated rings. The number of hydrogen-bond donors (Lipinski definition) is 1. The van der Waals surface area contributed by atoms with E-state index in [1.54, 1.807) is 30.3 Å². The molecule has 1 N–H and O–H groups in total. The van der Waals surface area contributed by atoms with Gasteiger partial charge >= 0.3 is 0 Å². The van der Waals surface area contributed by atoms with Crippen molar-refractivity contribution in [3.63, 3.8) is 0 Å². The molecule has 8 nitrogen and oxygen atoms in total. The van der Waals surface area contributed by atoms with Gasteiger partial charge in [-0.3, -0.25) is 4.72 Å². The van der Waals surface area contributed by atoms with Gasteiger partial charge in [0.25, 0.3) is 10.0 Å². The number of nitrogens with zero attached hydrogens (tertiary/aromatic N) is 1. The molecule has 0 saturated carbocycles. The molecule has 0 radical (unpaired) electrons. The van der Waals surface area contributed by atoms with Crippen LogP contribution in [0.2, 0.25) is 0 Å². The van der Waals surface area contributed by atoms with E-state index in [2.05, 4.69) is 4.72 Å². The second-order valence-corrected chi connectivity index (χ2v) is 7.05. The first-order valence-electron chi connectivity index (χ1n) is 7.97. The molecule has 0 bridgehead atoms. The van der Waals surface area contributed by atoms with Crippen molar-refractivity contribution < 1.29 is 27.4 Å². The van der Waals surface area contributed by atoms with Crippen molar-refractivity contribution in [2.24, 2.45) is 0 Å². The van der Waals surface area contributed by atoms with E-state index in [0.717, 1.165) is 0 Å². The van der Waals surface area contributed by atoms with E-state index in [0.29, 0.717) is 28.6 Å². The molecule has 0 unspecified atom stereocenters. The number of anilines is 1. The van der Waals surface area contributed by atoms with E-state index in [9.17, 15) is 13.7 Å². The van der Waals surface area contributed by atoms with Crippen molar-refractivity contribution >= 4 is 21.8 Å². The van der Waals surface area contributed by atoms with Crippen LogP contribution in [-0.4, -0.2) is 36.9 Å². The maximum Gasteiger partial charge on any atom is 0.272 e. The molecule has 2 rings (SSSR count). The first kappa shape index (κ1) is 20.9. The Hall–Kier alpha value is -3.38. The number of allylic oxidation sites excluding steroid dienone is 1. The number of benzene rings is 2. The fourth-order valence-electron chi connectivity index (χ4n) is 2.35. The molecule has 0 aliphatic heterocycles. The smallest absolute Gasteiger partial charge is 0.272 e. The van der Waals surface area contributed by atoms with Gasteiger partial charge in [0.05, 0.1) is 34.0 Å². The molecule has 0 saturated heterocycles. The quantitative estimate of drug-likeness (QED) is 0.674. The maximum absolute atomic E-state index is 12.7. The van der Waals surface area contributed by atoms with Crippen molar-refractivity contribution in [3.8, 4) is 29.1 Å². The maximum atomic E-state index is 12.7. The highest BCUT2D eigenvalue weighted by molar-refractivity contribution is 7.96. The molecular formula is C19H20N2O6S. The lowest BCUT2D eigenvalue weighted by atomic mass is 10.1. The van der Waals surface area contributed by atoms with Crippen LogP contribution in [0.3, 0.4) is 0 Å². The second-order valence-electron chi connectivity index (χ2n) is 5.40. The Morgan fingerprint density at radius 3 is 1.89 bits per heavy atom. The minimum atomic E-state index is -4.14. The number of methoxy groups -OCH3 is 4. The zero-order chi connectivity index (χ0) is 20.7. The zero-order valence-electron chi connectivity index (χ0n) is 15.8. The molecule has 0 amide bonds. The minimum absolute atomic E-state index is 0.288. The Kier molecular flexibility index (Phi) is 6.74. The number of rotatable bonds is 8. The molecular weight excluding hydrogens is 384 g/mol. The highest BCUT2D eigenvalue weighted by Crippen LogP contribution is 2.36. The van der Waals surface area contributed by atoms with E-state index >= 15 is 0 Å². The first-order chi connectivity index (χ1) is 13.4. The molecule has 28 heavy (non-hydrogen) atoms. The van der Waals surface area contributed by atoms with Crippen molar-refractivity contribution in [2.45, 2.75) is 0 Å². The number of nitriles is 1. The van der Waals surface area contributed by atoms with Crippen LogP contribution >= 0.6 is 0 Å². The monoisotopic (exact) mass is 404 g/mol. The van der Waals surface area contributed by atoms with E-state index in [1.807, 2.05) is 0 Å². The summed E-state index contributed by atoms with van der Waals surface area (Å²) in [7, 11) is 1.68. The summed E-state index contributed by atoms with van der Waals surface area (Å²) < 4.78 is 48.5. The third-order valence-corrected chi connectivity index (χ3v) is 5.06. The van der Waals surface area contributed by atoms with Gasteiger partial charge in [-0.05, 0) is 30.3 Å². The third-order valence-electron chi connectivity index (χ3n) is 3.77. The summed E-state index contributed by atoms with van der Waals surface area (Å²) in [6.07, 6.45) is 1.18. The number of hydrogen-bond acceptors (Lipinski definition) is 7. The predicted octanol–water partition coefficient (Wildman–Crippen LogP) is 3.03. The fourth-order valence-corrected chi connectivity index (χ4v) is 3.29. The number of sulfonamides is 1. The van der Waals surface area contributed by atoms with Gasteiger partial charge in [-0.1, -0.05) is 0 Å². The summed E-state index contributed by atoms with van der Waals surface area (Å²) in [5, 5.41) is 9.45. The molecule has 0 aliphatic rings. The van der Waals surface area contributed by atoms with Crippen molar-refractivity contribution in [2.75, 3.05) is 33.2 Å². The van der Waals surface area contributed by atoms with Gasteiger partial charge in [-0.15, -0.1) is 0 Å². The van der Waals surface area contributed by atoms with Crippen LogP contribution < -0.4 is 23.7 Å². The van der Waals surface area contributed by atoms with Crippen LogP contribution in [-0.2, 0) is 10.0 Å². The van der Waals surface area contributed by atoms with Crippen LogP contribution in [0, 0.1) is 11.3 Å². The summed E-state index contributed by atoms with van der Waals surface area (Å²) >= 11 is 0. The Bertz CT molecular complexity index is 983. The van der Waals surface area contributed by atoms with Crippen LogP contribution in [0.5, 0.6) is 23.0 Å². The van der Waals surface area contributed by atoms with Crippen LogP contribution in [0.4, 0.5) is 5.69 Å². The first-order valence-corrected chi connectivity index (χ1v) is 9.45. The summed E-state index contributed by atoms with van der Waals surface area (Å²) in [4.78, 5) is -0.509. The predicted molar refractivity (Wildman–Crippen MR) is 105 cm³/mol. The van der Waals surface area contributed by atoms with Gasteiger partial charge < -0.3 is 18.9 Å². The second kappa shape index (κ2) is 9.01. The van der Waals surface area contributed by atoms with Gasteiger partial charge in [-0.25, -0.2) is 8.42 Å². The van der Waals surface area contributed by atoms with Gasteiger partial charge in [0.1, 0.15) is 29.1 Å². The van der Waals surface area contributed by atoms with E-state index in [4.69, 9.17) is 18.9 Å². The summed E-state index contributed by atoms with van der Waals surface area (Å²) in [5.74, 6) is 1.63. The average Bonchev–Trinajstić information content (AvgIpc) is 2.71. The van der Waals surface area contributed by atoms with Gasteiger partial charge in [-0.2, -0.15) is 5.26 Å². The minimum Gasteiger partial charge on any atom is -0.497 e. The van der Waals surface area contributed by atoms with Gasteiger partial charge in [0.2, 0.25) is 0 Å².